The van der Waals surface area contributed by atoms with Gasteiger partial charge in [0.05, 0.1) is 36.9 Å². The number of nitrogens with two attached hydrogens (primary N) is 1. The van der Waals surface area contributed by atoms with E-state index < -0.39 is 16.2 Å². The van der Waals surface area contributed by atoms with Gasteiger partial charge in [-0.3, -0.25) is 8.98 Å². The molecule has 0 radical (unpaired) electrons. The number of nitrogen functional groups attached to an aromatic ring is 1. The molecule has 1 aliphatic rings. The molecule has 3 aromatic rings. The highest BCUT2D eigenvalue weighted by Crippen LogP contribution is 2.38. The summed E-state index contributed by atoms with van der Waals surface area (Å²) in [5, 5.41) is 0.505. The molecule has 0 saturated carbocycles. The molecule has 1 unspecified atom stereocenters. The number of fused-ring (bicyclic) bond motifs is 1. The summed E-state index contributed by atoms with van der Waals surface area (Å²) in [5.74, 6) is 0.165. The SMILES string of the molecule is COc1cc(N)ccc1C(=O)N1CCCC(OCCOS(=O)(=O)c2ccc(C)cc2)c2cc(Cl)ccc21. The summed E-state index contributed by atoms with van der Waals surface area (Å²) in [6, 6.07) is 16.7. The van der Waals surface area contributed by atoms with E-state index in [0.717, 1.165) is 11.1 Å². The first-order chi connectivity index (χ1) is 17.7. The largest absolute Gasteiger partial charge is 0.496 e. The Morgan fingerprint density at radius 2 is 1.84 bits per heavy atom. The first kappa shape index (κ1) is 26.9. The van der Waals surface area contributed by atoms with E-state index in [-0.39, 0.29) is 24.0 Å². The van der Waals surface area contributed by atoms with Crippen LogP contribution in [0.25, 0.3) is 0 Å². The smallest absolute Gasteiger partial charge is 0.297 e. The Bertz CT molecular complexity index is 1380. The number of rotatable bonds is 8. The Labute approximate surface area is 222 Å². The molecule has 37 heavy (non-hydrogen) atoms. The van der Waals surface area contributed by atoms with Gasteiger partial charge >= 0.3 is 0 Å². The molecule has 0 aliphatic carbocycles. The number of hydrogen-bond donors (Lipinski definition) is 1. The van der Waals surface area contributed by atoms with E-state index in [0.29, 0.717) is 47.1 Å². The molecule has 8 nitrogen and oxygen atoms in total. The highest BCUT2D eigenvalue weighted by molar-refractivity contribution is 7.86. The van der Waals surface area contributed by atoms with Gasteiger partial charge in [-0.15, -0.1) is 0 Å². The van der Waals surface area contributed by atoms with E-state index in [4.69, 9.17) is 31.0 Å². The van der Waals surface area contributed by atoms with Crippen molar-refractivity contribution in [2.45, 2.75) is 30.8 Å². The van der Waals surface area contributed by atoms with E-state index in [2.05, 4.69) is 0 Å². The normalized spacial score (nSPS) is 15.6. The maximum atomic E-state index is 13.6. The first-order valence-corrected chi connectivity index (χ1v) is 13.6. The number of carbonyl (C=O) groups excluding carboxylic acids is 1. The second-order valence-corrected chi connectivity index (χ2v) is 10.8. The van der Waals surface area contributed by atoms with Gasteiger partial charge in [0, 0.05) is 34.6 Å². The van der Waals surface area contributed by atoms with Crippen molar-refractivity contribution in [2.24, 2.45) is 0 Å². The predicted octanol–water partition coefficient (Wildman–Crippen LogP) is 5.14. The van der Waals surface area contributed by atoms with Crippen LogP contribution in [0.2, 0.25) is 5.02 Å². The molecule has 4 rings (SSSR count). The molecule has 1 atom stereocenters. The molecule has 0 bridgehead atoms. The molecule has 1 amide bonds. The van der Waals surface area contributed by atoms with Crippen LogP contribution >= 0.6 is 11.6 Å². The molecule has 1 heterocycles. The minimum absolute atomic E-state index is 0.0431. The Morgan fingerprint density at radius 3 is 2.57 bits per heavy atom. The molecule has 3 aromatic carbocycles. The van der Waals surface area contributed by atoms with E-state index in [1.807, 2.05) is 6.92 Å². The highest BCUT2D eigenvalue weighted by atomic mass is 35.5. The van der Waals surface area contributed by atoms with Crippen LogP contribution in [-0.2, 0) is 19.0 Å². The number of carbonyl (C=O) groups is 1. The van der Waals surface area contributed by atoms with Crippen LogP contribution in [0.5, 0.6) is 5.75 Å². The lowest BCUT2D eigenvalue weighted by Crippen LogP contribution is -2.32. The van der Waals surface area contributed by atoms with Crippen molar-refractivity contribution in [1.82, 2.24) is 0 Å². The Morgan fingerprint density at radius 1 is 1.08 bits per heavy atom. The quantitative estimate of drug-likeness (QED) is 0.237. The average molecular weight is 545 g/mol. The lowest BCUT2D eigenvalue weighted by atomic mass is 10.0. The molecule has 196 valence electrons. The van der Waals surface area contributed by atoms with Gasteiger partial charge in [0.25, 0.3) is 16.0 Å². The van der Waals surface area contributed by atoms with Crippen LogP contribution in [0.15, 0.2) is 65.6 Å². The Kier molecular flexibility index (Phi) is 8.39. The van der Waals surface area contributed by atoms with Gasteiger partial charge in [-0.05, 0) is 62.2 Å². The standard InChI is InChI=1S/C27H29ClN2O6S/c1-18-5-9-21(10-6-18)37(32,33)36-15-14-35-25-4-3-13-30(24-12-7-19(28)16-23(24)25)27(31)22-11-8-20(29)17-26(22)34-2/h5-12,16-17,25H,3-4,13-15,29H2,1-2H3. The van der Waals surface area contributed by atoms with Gasteiger partial charge < -0.3 is 20.1 Å². The van der Waals surface area contributed by atoms with Gasteiger partial charge in [0.2, 0.25) is 0 Å². The summed E-state index contributed by atoms with van der Waals surface area (Å²) in [6.45, 7) is 2.23. The highest BCUT2D eigenvalue weighted by Gasteiger charge is 2.29. The second-order valence-electron chi connectivity index (χ2n) is 8.71. The molecule has 0 fully saturated rings. The number of anilines is 2. The fourth-order valence-corrected chi connectivity index (χ4v) is 5.33. The van der Waals surface area contributed by atoms with E-state index in [9.17, 15) is 13.2 Å². The first-order valence-electron chi connectivity index (χ1n) is 11.8. The third-order valence-electron chi connectivity index (χ3n) is 6.13. The number of nitrogens with zero attached hydrogens (tertiary/aromatic N) is 1. The minimum Gasteiger partial charge on any atom is -0.496 e. The van der Waals surface area contributed by atoms with Crippen molar-refractivity contribution < 1.29 is 26.9 Å². The second kappa shape index (κ2) is 11.5. The molecule has 0 saturated heterocycles. The number of hydrogen-bond acceptors (Lipinski definition) is 7. The zero-order chi connectivity index (χ0) is 26.6. The van der Waals surface area contributed by atoms with Crippen molar-refractivity contribution in [1.29, 1.82) is 0 Å². The summed E-state index contributed by atoms with van der Waals surface area (Å²) in [7, 11) is -2.40. The van der Waals surface area contributed by atoms with Crippen molar-refractivity contribution in [3.8, 4) is 5.75 Å². The van der Waals surface area contributed by atoms with Crippen LogP contribution in [0.4, 0.5) is 11.4 Å². The molecule has 1 aliphatic heterocycles. The zero-order valence-corrected chi connectivity index (χ0v) is 22.2. The summed E-state index contributed by atoms with van der Waals surface area (Å²) >= 11 is 6.31. The van der Waals surface area contributed by atoms with Crippen LogP contribution < -0.4 is 15.4 Å². The number of halogens is 1. The molecular weight excluding hydrogens is 516 g/mol. The third-order valence-corrected chi connectivity index (χ3v) is 7.69. The molecular formula is C27H29ClN2O6S. The predicted molar refractivity (Wildman–Crippen MR) is 143 cm³/mol. The lowest BCUT2D eigenvalue weighted by molar-refractivity contribution is 0.0295. The summed E-state index contributed by atoms with van der Waals surface area (Å²) in [4.78, 5) is 15.3. The van der Waals surface area contributed by atoms with E-state index in [1.165, 1.54) is 19.2 Å². The lowest BCUT2D eigenvalue weighted by Gasteiger charge is -2.25. The number of benzene rings is 3. The van der Waals surface area contributed by atoms with Crippen LogP contribution in [0.3, 0.4) is 0 Å². The van der Waals surface area contributed by atoms with E-state index in [1.54, 1.807) is 53.4 Å². The molecule has 2 N–H and O–H groups in total. The van der Waals surface area contributed by atoms with Crippen LogP contribution in [-0.4, -0.2) is 41.2 Å². The number of amides is 1. The van der Waals surface area contributed by atoms with E-state index >= 15 is 0 Å². The van der Waals surface area contributed by atoms with Gasteiger partial charge in [0.15, 0.2) is 0 Å². The fourth-order valence-electron chi connectivity index (χ4n) is 4.26. The maximum absolute atomic E-state index is 13.6. The van der Waals surface area contributed by atoms with Crippen molar-refractivity contribution in [3.05, 3.63) is 82.4 Å². The zero-order valence-electron chi connectivity index (χ0n) is 20.6. The van der Waals surface area contributed by atoms with Crippen molar-refractivity contribution >= 4 is 39.0 Å². The van der Waals surface area contributed by atoms with Crippen molar-refractivity contribution in [2.75, 3.05) is 37.5 Å². The average Bonchev–Trinajstić information content (AvgIpc) is 3.05. The topological polar surface area (TPSA) is 108 Å². The Hall–Kier alpha value is -3.11. The summed E-state index contributed by atoms with van der Waals surface area (Å²) < 4.78 is 41.6. The number of ether oxygens (including phenoxy) is 2. The molecule has 10 heteroatoms. The van der Waals surface area contributed by atoms with Gasteiger partial charge in [-0.1, -0.05) is 29.3 Å². The third kappa shape index (κ3) is 6.24. The number of methoxy groups -OCH3 is 1. The van der Waals surface area contributed by atoms with Gasteiger partial charge in [-0.25, -0.2) is 0 Å². The monoisotopic (exact) mass is 544 g/mol. The maximum Gasteiger partial charge on any atom is 0.297 e. The number of aryl methyl sites for hydroxylation is 1. The molecule has 0 aromatic heterocycles. The summed E-state index contributed by atoms with van der Waals surface area (Å²) in [5.41, 5.74) is 9.12. The van der Waals surface area contributed by atoms with Gasteiger partial charge in [-0.2, -0.15) is 8.42 Å². The van der Waals surface area contributed by atoms with Gasteiger partial charge in [0.1, 0.15) is 5.75 Å². The van der Waals surface area contributed by atoms with Crippen LogP contribution in [0.1, 0.15) is 40.4 Å². The fraction of sp³-hybridized carbons (Fsp3) is 0.296. The molecule has 0 spiro atoms. The minimum atomic E-state index is -3.89. The van der Waals surface area contributed by atoms with Crippen molar-refractivity contribution in [3.63, 3.8) is 0 Å². The summed E-state index contributed by atoms with van der Waals surface area (Å²) in [6.07, 6.45) is 0.869. The van der Waals surface area contributed by atoms with Crippen LogP contribution in [0, 0.1) is 6.92 Å². The Balaban J connectivity index is 1.50.